The minimum Gasteiger partial charge on any atom is -0.353 e. The Morgan fingerprint density at radius 1 is 1.39 bits per heavy atom. The van der Waals surface area contributed by atoms with Crippen LogP contribution in [0.1, 0.15) is 57.6 Å². The molecule has 2 aliphatic rings. The number of aromatic nitrogens is 1. The molecule has 2 heterocycles. The number of anilines is 1. The van der Waals surface area contributed by atoms with E-state index < -0.39 is 0 Å². The summed E-state index contributed by atoms with van der Waals surface area (Å²) in [6.07, 6.45) is 7.75. The molecule has 126 valence electrons. The molecule has 5 nitrogen and oxygen atoms in total. The van der Waals surface area contributed by atoms with Gasteiger partial charge in [-0.15, -0.1) is 11.3 Å². The van der Waals surface area contributed by atoms with Gasteiger partial charge in [0.05, 0.1) is 12.1 Å². The van der Waals surface area contributed by atoms with Crippen LogP contribution in [0.5, 0.6) is 0 Å². The first-order chi connectivity index (χ1) is 11.2. The average molecular weight is 335 g/mol. The first-order valence-corrected chi connectivity index (χ1v) is 9.59. The zero-order valence-corrected chi connectivity index (χ0v) is 14.5. The normalized spacial score (nSPS) is 24.9. The SMILES string of the molecule is CC[C@@H]1CCCC[C@H]1NC(=O)Cc1csc(N2CCCC2=O)n1. The monoisotopic (exact) mass is 335 g/mol. The number of hydrogen-bond acceptors (Lipinski definition) is 4. The minimum absolute atomic E-state index is 0.0555. The molecule has 0 aromatic carbocycles. The van der Waals surface area contributed by atoms with Gasteiger partial charge in [-0.3, -0.25) is 14.5 Å². The topological polar surface area (TPSA) is 62.3 Å². The third-order valence-electron chi connectivity index (χ3n) is 4.97. The molecule has 1 aromatic heterocycles. The quantitative estimate of drug-likeness (QED) is 0.900. The molecular formula is C17H25N3O2S. The van der Waals surface area contributed by atoms with Crippen molar-refractivity contribution in [2.24, 2.45) is 5.92 Å². The van der Waals surface area contributed by atoms with Crippen molar-refractivity contribution in [1.82, 2.24) is 10.3 Å². The van der Waals surface area contributed by atoms with Gasteiger partial charge in [-0.05, 0) is 25.2 Å². The van der Waals surface area contributed by atoms with Crippen LogP contribution in [0.2, 0.25) is 0 Å². The van der Waals surface area contributed by atoms with Gasteiger partial charge in [0.1, 0.15) is 0 Å². The van der Waals surface area contributed by atoms with Crippen LogP contribution in [0.15, 0.2) is 5.38 Å². The number of carbonyl (C=O) groups excluding carboxylic acids is 2. The Morgan fingerprint density at radius 2 is 2.22 bits per heavy atom. The summed E-state index contributed by atoms with van der Waals surface area (Å²) in [7, 11) is 0. The van der Waals surface area contributed by atoms with Crippen molar-refractivity contribution in [2.45, 2.75) is 64.3 Å². The molecule has 1 aliphatic heterocycles. The molecule has 0 unspecified atom stereocenters. The number of thiazole rings is 1. The Morgan fingerprint density at radius 3 is 2.96 bits per heavy atom. The highest BCUT2D eigenvalue weighted by Crippen LogP contribution is 2.27. The van der Waals surface area contributed by atoms with Crippen molar-refractivity contribution in [1.29, 1.82) is 0 Å². The molecule has 0 spiro atoms. The molecular weight excluding hydrogens is 310 g/mol. The van der Waals surface area contributed by atoms with Crippen LogP contribution in [0.4, 0.5) is 5.13 Å². The van der Waals surface area contributed by atoms with Crippen LogP contribution in [-0.2, 0) is 16.0 Å². The van der Waals surface area contributed by atoms with Gasteiger partial charge in [0.2, 0.25) is 11.8 Å². The standard InChI is InChI=1S/C17H25N3O2S/c1-2-12-6-3-4-7-14(12)19-15(21)10-13-11-23-17(18-13)20-9-5-8-16(20)22/h11-12,14H,2-10H2,1H3,(H,19,21)/t12-,14-/m1/s1. The Bertz CT molecular complexity index is 572. The van der Waals surface area contributed by atoms with Crippen molar-refractivity contribution < 1.29 is 9.59 Å². The minimum atomic E-state index is 0.0555. The molecule has 2 atom stereocenters. The van der Waals surface area contributed by atoms with Crippen LogP contribution in [-0.4, -0.2) is 29.4 Å². The van der Waals surface area contributed by atoms with Gasteiger partial charge in [-0.2, -0.15) is 0 Å². The van der Waals surface area contributed by atoms with Gasteiger partial charge in [0, 0.05) is 24.4 Å². The molecule has 1 aromatic rings. The molecule has 2 amide bonds. The van der Waals surface area contributed by atoms with Crippen LogP contribution in [0, 0.1) is 5.92 Å². The van der Waals surface area contributed by atoms with Gasteiger partial charge in [0.25, 0.3) is 0 Å². The Labute approximate surface area is 141 Å². The number of rotatable bonds is 5. The lowest BCUT2D eigenvalue weighted by molar-refractivity contribution is -0.121. The van der Waals surface area contributed by atoms with E-state index in [0.29, 0.717) is 24.8 Å². The summed E-state index contributed by atoms with van der Waals surface area (Å²) in [5, 5.41) is 5.84. The first kappa shape index (κ1) is 16.4. The summed E-state index contributed by atoms with van der Waals surface area (Å²) in [5.41, 5.74) is 0.769. The van der Waals surface area contributed by atoms with Gasteiger partial charge in [-0.1, -0.05) is 26.2 Å². The lowest BCUT2D eigenvalue weighted by Gasteiger charge is -2.31. The smallest absolute Gasteiger partial charge is 0.228 e. The molecule has 1 saturated heterocycles. The van der Waals surface area contributed by atoms with Gasteiger partial charge in [0.15, 0.2) is 5.13 Å². The van der Waals surface area contributed by atoms with Crippen molar-refractivity contribution in [2.75, 3.05) is 11.4 Å². The zero-order valence-electron chi connectivity index (χ0n) is 13.7. The Kier molecular flexibility index (Phi) is 5.30. The molecule has 2 fully saturated rings. The summed E-state index contributed by atoms with van der Waals surface area (Å²) in [4.78, 5) is 30.3. The highest BCUT2D eigenvalue weighted by molar-refractivity contribution is 7.14. The Balaban J connectivity index is 1.55. The van der Waals surface area contributed by atoms with Gasteiger partial charge in [-0.25, -0.2) is 4.98 Å². The molecule has 6 heteroatoms. The van der Waals surface area contributed by atoms with Crippen LogP contribution >= 0.6 is 11.3 Å². The fourth-order valence-electron chi connectivity index (χ4n) is 3.66. The van der Waals surface area contributed by atoms with E-state index in [2.05, 4.69) is 17.2 Å². The molecule has 23 heavy (non-hydrogen) atoms. The fourth-order valence-corrected chi connectivity index (χ4v) is 4.53. The number of carbonyl (C=O) groups is 2. The van der Waals surface area contributed by atoms with Gasteiger partial charge >= 0.3 is 0 Å². The third kappa shape index (κ3) is 3.91. The van der Waals surface area contributed by atoms with Crippen molar-refractivity contribution in [3.63, 3.8) is 0 Å². The molecule has 0 bridgehead atoms. The number of hydrogen-bond donors (Lipinski definition) is 1. The molecule has 1 saturated carbocycles. The Hall–Kier alpha value is -1.43. The zero-order chi connectivity index (χ0) is 16.2. The van der Waals surface area contributed by atoms with E-state index in [0.717, 1.165) is 36.6 Å². The maximum Gasteiger partial charge on any atom is 0.228 e. The molecule has 1 N–H and O–H groups in total. The summed E-state index contributed by atoms with van der Waals surface area (Å²) >= 11 is 1.46. The van der Waals surface area contributed by atoms with Gasteiger partial charge < -0.3 is 5.32 Å². The van der Waals surface area contributed by atoms with Crippen LogP contribution < -0.4 is 10.2 Å². The average Bonchev–Trinajstić information content (AvgIpc) is 3.16. The number of amides is 2. The first-order valence-electron chi connectivity index (χ1n) is 8.71. The highest BCUT2D eigenvalue weighted by atomic mass is 32.1. The fraction of sp³-hybridized carbons (Fsp3) is 0.706. The van der Waals surface area contributed by atoms with E-state index in [-0.39, 0.29) is 11.8 Å². The van der Waals surface area contributed by atoms with E-state index in [1.165, 1.54) is 30.6 Å². The lowest BCUT2D eigenvalue weighted by Crippen LogP contribution is -2.42. The second kappa shape index (κ2) is 7.43. The molecule has 0 radical (unpaired) electrons. The third-order valence-corrected chi connectivity index (χ3v) is 5.88. The van der Waals surface area contributed by atoms with Crippen molar-refractivity contribution >= 4 is 28.3 Å². The second-order valence-corrected chi connectivity index (χ2v) is 7.41. The van der Waals surface area contributed by atoms with E-state index in [4.69, 9.17) is 0 Å². The number of nitrogens with one attached hydrogen (secondary N) is 1. The maximum absolute atomic E-state index is 12.3. The van der Waals surface area contributed by atoms with E-state index in [1.54, 1.807) is 4.90 Å². The van der Waals surface area contributed by atoms with E-state index >= 15 is 0 Å². The largest absolute Gasteiger partial charge is 0.353 e. The lowest BCUT2D eigenvalue weighted by atomic mass is 9.83. The summed E-state index contributed by atoms with van der Waals surface area (Å²) in [5.74, 6) is 0.809. The van der Waals surface area contributed by atoms with E-state index in [1.807, 2.05) is 5.38 Å². The summed E-state index contributed by atoms with van der Waals surface area (Å²) in [6, 6.07) is 0.319. The van der Waals surface area contributed by atoms with Crippen molar-refractivity contribution in [3.8, 4) is 0 Å². The highest BCUT2D eigenvalue weighted by Gasteiger charge is 2.26. The molecule has 3 rings (SSSR count). The van der Waals surface area contributed by atoms with Crippen LogP contribution in [0.3, 0.4) is 0 Å². The predicted molar refractivity (Wildman–Crippen MR) is 91.6 cm³/mol. The summed E-state index contributed by atoms with van der Waals surface area (Å²) in [6.45, 7) is 2.95. The van der Waals surface area contributed by atoms with Crippen molar-refractivity contribution in [3.05, 3.63) is 11.1 Å². The van der Waals surface area contributed by atoms with E-state index in [9.17, 15) is 9.59 Å². The van der Waals surface area contributed by atoms with Crippen LogP contribution in [0.25, 0.3) is 0 Å². The number of nitrogens with zero attached hydrogens (tertiary/aromatic N) is 2. The second-order valence-electron chi connectivity index (χ2n) is 6.57. The predicted octanol–water partition coefficient (Wildman–Crippen LogP) is 2.90. The summed E-state index contributed by atoms with van der Waals surface area (Å²) < 4.78 is 0. The maximum atomic E-state index is 12.3. The molecule has 1 aliphatic carbocycles.